The summed E-state index contributed by atoms with van der Waals surface area (Å²) >= 11 is 7.85. The summed E-state index contributed by atoms with van der Waals surface area (Å²) in [6, 6.07) is 11.3. The highest BCUT2D eigenvalue weighted by Crippen LogP contribution is 2.40. The number of piperidine rings is 1. The number of carbonyl (C=O) groups is 5. The third-order valence-corrected chi connectivity index (χ3v) is 10.8. The molecule has 51 heavy (non-hydrogen) atoms. The Morgan fingerprint density at radius 1 is 1.02 bits per heavy atom. The van der Waals surface area contributed by atoms with Crippen LogP contribution in [-0.4, -0.2) is 67.5 Å². The molecule has 1 fully saturated rings. The van der Waals surface area contributed by atoms with Crippen LogP contribution in [0.4, 0.5) is 5.69 Å². The normalized spacial score (nSPS) is 17.9. The van der Waals surface area contributed by atoms with Crippen LogP contribution < -0.4 is 21.5 Å². The fourth-order valence-corrected chi connectivity index (χ4v) is 7.97. The molecule has 0 bridgehead atoms. The van der Waals surface area contributed by atoms with Crippen LogP contribution in [0.25, 0.3) is 5.00 Å². The third-order valence-electron chi connectivity index (χ3n) is 9.36. The van der Waals surface area contributed by atoms with Crippen LogP contribution in [0, 0.1) is 20.8 Å². The first-order valence-corrected chi connectivity index (χ1v) is 17.6. The topological polar surface area (TPSA) is 180 Å². The van der Waals surface area contributed by atoms with Crippen molar-refractivity contribution in [1.29, 1.82) is 0 Å². The lowest BCUT2D eigenvalue weighted by molar-refractivity contribution is -0.137. The number of aryl methyl sites for hydroxylation is 2. The highest BCUT2D eigenvalue weighted by atomic mass is 35.5. The Morgan fingerprint density at radius 2 is 1.78 bits per heavy atom. The van der Waals surface area contributed by atoms with Gasteiger partial charge in [0.25, 0.3) is 11.8 Å². The summed E-state index contributed by atoms with van der Waals surface area (Å²) in [5.74, 6) is -0.738. The second-order valence-corrected chi connectivity index (χ2v) is 14.3. The van der Waals surface area contributed by atoms with Crippen LogP contribution in [0.1, 0.15) is 80.9 Å². The Morgan fingerprint density at radius 3 is 2.55 bits per heavy atom. The molecule has 2 aromatic carbocycles. The molecule has 0 spiro atoms. The number of hydrazine groups is 1. The first kappa shape index (κ1) is 34.1. The fraction of sp³-hybridized carbons (Fsp3) is 0.314. The molecule has 0 saturated carbocycles. The van der Waals surface area contributed by atoms with Crippen LogP contribution in [0.15, 0.2) is 47.5 Å². The molecule has 14 nitrogen and oxygen atoms in total. The Bertz CT molecular complexity index is 2140. The smallest absolute Gasteiger partial charge is 0.257 e. The Labute approximate surface area is 301 Å². The van der Waals surface area contributed by atoms with Crippen molar-refractivity contribution in [3.8, 4) is 5.00 Å². The van der Waals surface area contributed by atoms with Crippen LogP contribution in [0.2, 0.25) is 5.02 Å². The van der Waals surface area contributed by atoms with E-state index in [0.717, 1.165) is 32.3 Å². The van der Waals surface area contributed by atoms with Gasteiger partial charge in [-0.25, -0.2) is 0 Å². The summed E-state index contributed by atoms with van der Waals surface area (Å²) < 4.78 is 2.01. The van der Waals surface area contributed by atoms with E-state index in [-0.39, 0.29) is 44.2 Å². The number of aromatic nitrogens is 3. The quantitative estimate of drug-likeness (QED) is 0.157. The molecule has 262 valence electrons. The number of benzene rings is 2. The largest absolute Gasteiger partial charge is 0.376 e. The van der Waals surface area contributed by atoms with Gasteiger partial charge in [-0.05, 0) is 63.4 Å². The summed E-state index contributed by atoms with van der Waals surface area (Å²) in [4.78, 5) is 70.7. The predicted octanol–water partition coefficient (Wildman–Crippen LogP) is 3.60. The molecule has 5 amide bonds. The highest BCUT2D eigenvalue weighted by molar-refractivity contribution is 7.15. The molecule has 3 aliphatic heterocycles. The molecule has 4 aromatic rings. The van der Waals surface area contributed by atoms with Gasteiger partial charge in [0.05, 0.1) is 12.3 Å². The lowest BCUT2D eigenvalue weighted by atomic mass is 9.99. The lowest BCUT2D eigenvalue weighted by Gasteiger charge is -2.29. The van der Waals surface area contributed by atoms with E-state index in [2.05, 4.69) is 45.5 Å². The van der Waals surface area contributed by atoms with Crippen LogP contribution in [-0.2, 0) is 25.7 Å². The molecule has 0 radical (unpaired) electrons. The number of carbonyl (C=O) groups excluding carboxylic acids is 5. The molecule has 7 rings (SSSR count). The summed E-state index contributed by atoms with van der Waals surface area (Å²) in [6.45, 7) is 6.00. The molecule has 3 aliphatic rings. The van der Waals surface area contributed by atoms with E-state index in [9.17, 15) is 24.0 Å². The lowest BCUT2D eigenvalue weighted by Crippen LogP contribution is -2.52. The van der Waals surface area contributed by atoms with E-state index >= 15 is 0 Å². The monoisotopic (exact) mass is 727 g/mol. The summed E-state index contributed by atoms with van der Waals surface area (Å²) in [6.07, 6.45) is 0.747. The van der Waals surface area contributed by atoms with E-state index < -0.39 is 29.8 Å². The summed E-state index contributed by atoms with van der Waals surface area (Å²) in [5.41, 5.74) is 10.3. The standard InChI is InChI=1S/C35H34ClN9O5S/c1-17-18(2)51-35-30(17)31(20-7-9-21(36)10-8-20)38-25(32-43-40-19(3)45(32)35)11-13-28(47)41-42-29(48)15-37-24-6-4-5-22-23(24)16-44(34(22)50)26-12-14-27(46)39-33(26)49/h4-10,25-26,37H,11-16H2,1-3H3,(H,41,47)(H,42,48)(H,39,46,49)/t25-,26?/m0/s1. The molecule has 0 aliphatic carbocycles. The van der Waals surface area contributed by atoms with Gasteiger partial charge in [-0.1, -0.05) is 29.8 Å². The van der Waals surface area contributed by atoms with Crippen molar-refractivity contribution in [2.45, 2.75) is 65.1 Å². The molecule has 2 atom stereocenters. The first-order chi connectivity index (χ1) is 24.5. The van der Waals surface area contributed by atoms with Crippen molar-refractivity contribution in [3.05, 3.63) is 91.8 Å². The van der Waals surface area contributed by atoms with Gasteiger partial charge < -0.3 is 10.2 Å². The van der Waals surface area contributed by atoms with Gasteiger partial charge in [-0.3, -0.25) is 49.7 Å². The number of hydrogen-bond donors (Lipinski definition) is 4. The number of hydrogen-bond acceptors (Lipinski definition) is 10. The van der Waals surface area contributed by atoms with E-state index in [0.29, 0.717) is 39.9 Å². The first-order valence-electron chi connectivity index (χ1n) is 16.4. The number of halogens is 1. The van der Waals surface area contributed by atoms with Crippen molar-refractivity contribution in [2.75, 3.05) is 11.9 Å². The Balaban J connectivity index is 0.992. The van der Waals surface area contributed by atoms with E-state index in [4.69, 9.17) is 16.6 Å². The van der Waals surface area contributed by atoms with Crippen LogP contribution >= 0.6 is 22.9 Å². The minimum atomic E-state index is -0.747. The maximum absolute atomic E-state index is 13.1. The number of nitrogens with one attached hydrogen (secondary N) is 4. The Hall–Kier alpha value is -5.41. The predicted molar refractivity (Wildman–Crippen MR) is 190 cm³/mol. The number of aliphatic imine (C=N–C) groups is 1. The zero-order chi connectivity index (χ0) is 36.0. The van der Waals surface area contributed by atoms with Crippen molar-refractivity contribution in [3.63, 3.8) is 0 Å². The van der Waals surface area contributed by atoms with Crippen molar-refractivity contribution < 1.29 is 24.0 Å². The molecular weight excluding hydrogens is 694 g/mol. The zero-order valence-corrected chi connectivity index (χ0v) is 29.6. The van der Waals surface area contributed by atoms with Gasteiger partial charge in [0.15, 0.2) is 5.82 Å². The number of thiophene rings is 1. The molecule has 16 heteroatoms. The van der Waals surface area contributed by atoms with E-state index in [1.165, 1.54) is 4.90 Å². The SMILES string of the molecule is Cc1sc2c(c1C)C(c1ccc(Cl)cc1)=N[C@@H](CCC(=O)NNC(=O)CNc1cccc3c1CN(C1CCC(=O)NC1=O)C3=O)c1nnc(C)n1-2. The van der Waals surface area contributed by atoms with Gasteiger partial charge >= 0.3 is 0 Å². The molecule has 5 heterocycles. The van der Waals surface area contributed by atoms with Crippen molar-refractivity contribution in [2.24, 2.45) is 4.99 Å². The number of imide groups is 1. The average molecular weight is 728 g/mol. The number of rotatable bonds is 8. The van der Waals surface area contributed by atoms with Gasteiger partial charge in [-0.2, -0.15) is 0 Å². The average Bonchev–Trinajstić information content (AvgIpc) is 3.72. The Kier molecular flexibility index (Phi) is 9.16. The fourth-order valence-electron chi connectivity index (χ4n) is 6.63. The summed E-state index contributed by atoms with van der Waals surface area (Å²) in [7, 11) is 0. The van der Waals surface area contributed by atoms with Crippen LogP contribution in [0.5, 0.6) is 0 Å². The van der Waals surface area contributed by atoms with Gasteiger partial charge in [0.2, 0.25) is 17.7 Å². The van der Waals surface area contributed by atoms with E-state index in [1.54, 1.807) is 29.5 Å². The second kappa shape index (κ2) is 13.7. The maximum Gasteiger partial charge on any atom is 0.257 e. The number of fused-ring (bicyclic) bond motifs is 4. The summed E-state index contributed by atoms with van der Waals surface area (Å²) in [5, 5.41) is 15.7. The maximum atomic E-state index is 13.1. The third kappa shape index (κ3) is 6.50. The second-order valence-electron chi connectivity index (χ2n) is 12.6. The minimum absolute atomic E-state index is 0.0395. The number of anilines is 1. The molecule has 1 unspecified atom stereocenters. The van der Waals surface area contributed by atoms with Gasteiger partial charge in [0, 0.05) is 57.2 Å². The van der Waals surface area contributed by atoms with Gasteiger partial charge in [0.1, 0.15) is 22.9 Å². The molecular formula is C35H34ClN9O5S. The molecule has 2 aromatic heterocycles. The number of amides is 5. The molecule has 1 saturated heterocycles. The minimum Gasteiger partial charge on any atom is -0.376 e. The molecule has 4 N–H and O–H groups in total. The highest BCUT2D eigenvalue weighted by Gasteiger charge is 2.40. The zero-order valence-electron chi connectivity index (χ0n) is 28.0. The van der Waals surface area contributed by atoms with Crippen molar-refractivity contribution >= 4 is 63.9 Å². The number of nitrogens with zero attached hydrogens (tertiary/aromatic N) is 5. The van der Waals surface area contributed by atoms with Crippen LogP contribution in [0.3, 0.4) is 0 Å². The van der Waals surface area contributed by atoms with E-state index in [1.807, 2.05) is 35.8 Å². The van der Waals surface area contributed by atoms with Gasteiger partial charge in [-0.15, -0.1) is 21.5 Å². The van der Waals surface area contributed by atoms with Crippen molar-refractivity contribution in [1.82, 2.24) is 35.8 Å².